The van der Waals surface area contributed by atoms with Gasteiger partial charge in [-0.05, 0) is 43.9 Å². The fourth-order valence-electron chi connectivity index (χ4n) is 3.72. The monoisotopic (exact) mass is 338 g/mol. The van der Waals surface area contributed by atoms with Crippen LogP contribution in [0.15, 0.2) is 42.5 Å². The summed E-state index contributed by atoms with van der Waals surface area (Å²) in [5.41, 5.74) is 8.56. The third-order valence-corrected chi connectivity index (χ3v) is 5.03. The highest BCUT2D eigenvalue weighted by Crippen LogP contribution is 2.39. The van der Waals surface area contributed by atoms with E-state index >= 15 is 0 Å². The lowest BCUT2D eigenvalue weighted by Crippen LogP contribution is -2.32. The molecule has 0 radical (unpaired) electrons. The Kier molecular flexibility index (Phi) is 4.09. The second-order valence-corrected chi connectivity index (χ2v) is 6.57. The summed E-state index contributed by atoms with van der Waals surface area (Å²) in [6.45, 7) is 0. The molecule has 1 saturated carbocycles. The van der Waals surface area contributed by atoms with Crippen LogP contribution in [0.25, 0.3) is 0 Å². The van der Waals surface area contributed by atoms with Gasteiger partial charge in [-0.1, -0.05) is 18.2 Å². The van der Waals surface area contributed by atoms with Crippen LogP contribution in [0, 0.1) is 0 Å². The first-order chi connectivity index (χ1) is 12.2. The molecule has 2 aromatic rings. The van der Waals surface area contributed by atoms with Gasteiger partial charge in [0.15, 0.2) is 11.5 Å². The van der Waals surface area contributed by atoms with Gasteiger partial charge in [-0.3, -0.25) is 9.69 Å². The van der Waals surface area contributed by atoms with Crippen LogP contribution in [0.4, 0.5) is 5.69 Å². The summed E-state index contributed by atoms with van der Waals surface area (Å²) in [5, 5.41) is 0. The van der Waals surface area contributed by atoms with Crippen molar-refractivity contribution in [1.29, 1.82) is 0 Å². The number of hydrogen-bond donors (Lipinski definition) is 1. The van der Waals surface area contributed by atoms with Crippen molar-refractivity contribution in [2.75, 3.05) is 12.0 Å². The SMILES string of the molecule is COc1ccc(N2C(=O)c3ccccc3C2N)cc1OC1CCCC1. The van der Waals surface area contributed by atoms with E-state index in [1.54, 1.807) is 12.0 Å². The van der Waals surface area contributed by atoms with E-state index in [9.17, 15) is 4.79 Å². The van der Waals surface area contributed by atoms with Crippen LogP contribution >= 0.6 is 0 Å². The van der Waals surface area contributed by atoms with Crippen molar-refractivity contribution in [1.82, 2.24) is 0 Å². The van der Waals surface area contributed by atoms with Crippen molar-refractivity contribution < 1.29 is 14.3 Å². The fourth-order valence-corrected chi connectivity index (χ4v) is 3.72. The van der Waals surface area contributed by atoms with Gasteiger partial charge in [-0.2, -0.15) is 0 Å². The third-order valence-electron chi connectivity index (χ3n) is 5.03. The average molecular weight is 338 g/mol. The number of hydrogen-bond acceptors (Lipinski definition) is 4. The summed E-state index contributed by atoms with van der Waals surface area (Å²) in [6.07, 6.45) is 4.22. The van der Waals surface area contributed by atoms with Crippen LogP contribution in [0.3, 0.4) is 0 Å². The number of carbonyl (C=O) groups is 1. The average Bonchev–Trinajstić information content (AvgIpc) is 3.23. The molecule has 0 spiro atoms. The minimum atomic E-state index is -0.489. The van der Waals surface area contributed by atoms with Gasteiger partial charge in [0.25, 0.3) is 5.91 Å². The van der Waals surface area contributed by atoms with Crippen LogP contribution in [-0.2, 0) is 0 Å². The summed E-state index contributed by atoms with van der Waals surface area (Å²) < 4.78 is 11.6. The van der Waals surface area contributed by atoms with Crippen LogP contribution < -0.4 is 20.1 Å². The van der Waals surface area contributed by atoms with Gasteiger partial charge in [0.2, 0.25) is 0 Å². The zero-order valence-electron chi connectivity index (χ0n) is 14.3. The molecule has 130 valence electrons. The predicted molar refractivity (Wildman–Crippen MR) is 96.1 cm³/mol. The lowest BCUT2D eigenvalue weighted by Gasteiger charge is -2.24. The number of carbonyl (C=O) groups excluding carboxylic acids is 1. The molecule has 5 heteroatoms. The van der Waals surface area contributed by atoms with E-state index in [0.29, 0.717) is 17.1 Å². The Morgan fingerprint density at radius 3 is 2.56 bits per heavy atom. The number of benzene rings is 2. The fraction of sp³-hybridized carbons (Fsp3) is 0.350. The minimum Gasteiger partial charge on any atom is -0.493 e. The van der Waals surface area contributed by atoms with Crippen molar-refractivity contribution in [3.63, 3.8) is 0 Å². The molecule has 0 bridgehead atoms. The maximum absolute atomic E-state index is 12.8. The van der Waals surface area contributed by atoms with Crippen LogP contribution in [0.5, 0.6) is 11.5 Å². The molecule has 0 saturated heterocycles. The second kappa shape index (κ2) is 6.41. The summed E-state index contributed by atoms with van der Waals surface area (Å²) in [7, 11) is 1.62. The Morgan fingerprint density at radius 2 is 1.84 bits per heavy atom. The maximum Gasteiger partial charge on any atom is 0.260 e. The van der Waals surface area contributed by atoms with E-state index in [-0.39, 0.29) is 12.0 Å². The lowest BCUT2D eigenvalue weighted by atomic mass is 10.1. The largest absolute Gasteiger partial charge is 0.493 e. The molecule has 1 unspecified atom stereocenters. The highest BCUT2D eigenvalue weighted by atomic mass is 16.5. The maximum atomic E-state index is 12.8. The van der Waals surface area contributed by atoms with E-state index < -0.39 is 6.17 Å². The Hall–Kier alpha value is -2.53. The summed E-state index contributed by atoms with van der Waals surface area (Å²) >= 11 is 0. The van der Waals surface area contributed by atoms with Gasteiger partial charge in [-0.25, -0.2) is 0 Å². The first kappa shape index (κ1) is 16.0. The van der Waals surface area contributed by atoms with Gasteiger partial charge in [-0.15, -0.1) is 0 Å². The van der Waals surface area contributed by atoms with E-state index in [1.165, 1.54) is 12.8 Å². The molecule has 2 N–H and O–H groups in total. The topological polar surface area (TPSA) is 64.8 Å². The van der Waals surface area contributed by atoms with Crippen LogP contribution in [0.1, 0.15) is 47.8 Å². The van der Waals surface area contributed by atoms with E-state index in [2.05, 4.69) is 0 Å². The van der Waals surface area contributed by atoms with E-state index in [0.717, 1.165) is 24.1 Å². The van der Waals surface area contributed by atoms with Crippen molar-refractivity contribution in [3.05, 3.63) is 53.6 Å². The van der Waals surface area contributed by atoms with Gasteiger partial charge >= 0.3 is 0 Å². The van der Waals surface area contributed by atoms with Crippen molar-refractivity contribution in [2.24, 2.45) is 5.73 Å². The van der Waals surface area contributed by atoms with E-state index in [4.69, 9.17) is 15.2 Å². The molecule has 5 nitrogen and oxygen atoms in total. The number of rotatable bonds is 4. The van der Waals surface area contributed by atoms with Crippen LogP contribution in [-0.4, -0.2) is 19.1 Å². The van der Waals surface area contributed by atoms with Crippen LogP contribution in [0.2, 0.25) is 0 Å². The zero-order chi connectivity index (χ0) is 17.4. The standard InChI is InChI=1S/C20H22N2O3/c1-24-17-11-10-13(12-18(17)25-14-6-2-3-7-14)22-19(21)15-8-4-5-9-16(15)20(22)23/h4-5,8-12,14,19H,2-3,6-7,21H2,1H3. The summed E-state index contributed by atoms with van der Waals surface area (Å²) in [6, 6.07) is 13.0. The highest BCUT2D eigenvalue weighted by molar-refractivity contribution is 6.11. The molecule has 0 aromatic heterocycles. The molecule has 1 atom stereocenters. The van der Waals surface area contributed by atoms with Gasteiger partial charge < -0.3 is 15.2 Å². The Labute approximate surface area is 147 Å². The van der Waals surface area contributed by atoms with Gasteiger partial charge in [0.1, 0.15) is 6.17 Å². The summed E-state index contributed by atoms with van der Waals surface area (Å²) in [5.74, 6) is 1.26. The Morgan fingerprint density at radius 1 is 1.08 bits per heavy atom. The number of fused-ring (bicyclic) bond motifs is 1. The quantitative estimate of drug-likeness (QED) is 0.924. The van der Waals surface area contributed by atoms with Gasteiger partial charge in [0, 0.05) is 22.9 Å². The lowest BCUT2D eigenvalue weighted by molar-refractivity contribution is 0.0991. The smallest absolute Gasteiger partial charge is 0.260 e. The molecule has 1 amide bonds. The van der Waals surface area contributed by atoms with Gasteiger partial charge in [0.05, 0.1) is 13.2 Å². The zero-order valence-corrected chi connectivity index (χ0v) is 14.3. The molecule has 1 aliphatic carbocycles. The predicted octanol–water partition coefficient (Wildman–Crippen LogP) is 3.63. The highest BCUT2D eigenvalue weighted by Gasteiger charge is 2.35. The number of methoxy groups -OCH3 is 1. The molecule has 1 aliphatic heterocycles. The normalized spacial score (nSPS) is 20.0. The number of nitrogens with zero attached hydrogens (tertiary/aromatic N) is 1. The van der Waals surface area contributed by atoms with Crippen molar-refractivity contribution in [3.8, 4) is 11.5 Å². The third kappa shape index (κ3) is 2.74. The Balaban J connectivity index is 1.68. The number of nitrogens with two attached hydrogens (primary N) is 1. The first-order valence-electron chi connectivity index (χ1n) is 8.72. The number of amides is 1. The molecule has 2 aliphatic rings. The molecule has 1 heterocycles. The second-order valence-electron chi connectivity index (χ2n) is 6.57. The first-order valence-corrected chi connectivity index (χ1v) is 8.72. The molecule has 1 fully saturated rings. The van der Waals surface area contributed by atoms with Crippen molar-refractivity contribution >= 4 is 11.6 Å². The molecular formula is C20H22N2O3. The van der Waals surface area contributed by atoms with Crippen molar-refractivity contribution in [2.45, 2.75) is 38.0 Å². The van der Waals surface area contributed by atoms with E-state index in [1.807, 2.05) is 42.5 Å². The number of ether oxygens (including phenoxy) is 2. The summed E-state index contributed by atoms with van der Waals surface area (Å²) in [4.78, 5) is 14.4. The minimum absolute atomic E-state index is 0.0833. The number of anilines is 1. The molecule has 4 rings (SSSR count). The Bertz CT molecular complexity index is 799. The molecule has 25 heavy (non-hydrogen) atoms. The molecule has 2 aromatic carbocycles. The molecular weight excluding hydrogens is 316 g/mol.